The summed E-state index contributed by atoms with van der Waals surface area (Å²) >= 11 is 0. The van der Waals surface area contributed by atoms with Gasteiger partial charge in [0.15, 0.2) is 5.78 Å². The summed E-state index contributed by atoms with van der Waals surface area (Å²) in [7, 11) is 0. The zero-order chi connectivity index (χ0) is 25.4. The number of allylic oxidation sites excluding steroid dienone is 6. The van der Waals surface area contributed by atoms with Crippen LogP contribution < -0.4 is 0 Å². The molecule has 2 aliphatic rings. The number of rotatable bonds is 2. The largest absolute Gasteiger partial charge is 0.411 e. The lowest BCUT2D eigenvalue weighted by atomic mass is 9.85. The van der Waals surface area contributed by atoms with Gasteiger partial charge < -0.3 is 15.2 Å². The molecule has 0 radical (unpaired) electrons. The van der Waals surface area contributed by atoms with Gasteiger partial charge in [-0.05, 0) is 91.2 Å². The second-order valence-corrected chi connectivity index (χ2v) is 8.67. The van der Waals surface area contributed by atoms with Crippen LogP contribution in [-0.4, -0.2) is 33.4 Å². The molecule has 0 aromatic rings. The molecule has 0 aromatic heterocycles. The van der Waals surface area contributed by atoms with Crippen molar-refractivity contribution < 1.29 is 20.0 Å². The predicted octanol–water partition coefficient (Wildman–Crippen LogP) is 6.69. The monoisotopic (exact) mass is 446 g/mol. The van der Waals surface area contributed by atoms with Crippen molar-refractivity contribution in [1.29, 1.82) is 0 Å². The molecule has 2 N–H and O–H groups in total. The number of hydrogen-bond donors (Lipinski definition) is 2. The van der Waals surface area contributed by atoms with E-state index < -0.39 is 0 Å². The maximum absolute atomic E-state index is 11.2. The minimum absolute atomic E-state index is 0.167. The van der Waals surface area contributed by atoms with E-state index in [1.165, 1.54) is 19.4 Å². The van der Waals surface area contributed by atoms with Crippen LogP contribution in [0.15, 0.2) is 57.9 Å². The molecule has 2 aliphatic carbocycles. The lowest BCUT2D eigenvalue weighted by molar-refractivity contribution is -0.116. The van der Waals surface area contributed by atoms with E-state index in [0.29, 0.717) is 24.0 Å². The molecule has 0 aromatic carbocycles. The topological polar surface area (TPSA) is 99.3 Å². The van der Waals surface area contributed by atoms with E-state index in [4.69, 9.17) is 10.4 Å². The second-order valence-electron chi connectivity index (χ2n) is 8.67. The smallest absolute Gasteiger partial charge is 0.158 e. The van der Waals surface area contributed by atoms with Crippen LogP contribution in [0.1, 0.15) is 81.1 Å². The summed E-state index contributed by atoms with van der Waals surface area (Å²) < 4.78 is 0. The number of ketones is 2. The van der Waals surface area contributed by atoms with Crippen molar-refractivity contribution in [2.75, 3.05) is 0 Å². The van der Waals surface area contributed by atoms with Crippen LogP contribution in [0.2, 0.25) is 0 Å². The molecule has 0 saturated heterocycles. The highest BCUT2D eigenvalue weighted by molar-refractivity contribution is 6.00. The average molecular weight is 447 g/mol. The fraction of sp³-hybridized carbons (Fsp3) is 0.538. The molecule has 2 rings (SSSR count). The van der Waals surface area contributed by atoms with Gasteiger partial charge in [-0.2, -0.15) is 0 Å². The Morgan fingerprint density at radius 1 is 0.875 bits per heavy atom. The quantitative estimate of drug-likeness (QED) is 0.214. The van der Waals surface area contributed by atoms with Gasteiger partial charge in [-0.15, -0.1) is 0 Å². The normalized spacial score (nSPS) is 20.5. The summed E-state index contributed by atoms with van der Waals surface area (Å²) in [5.74, 6) is 1.30. The van der Waals surface area contributed by atoms with E-state index in [-0.39, 0.29) is 11.6 Å². The number of carbonyl (C=O) groups excluding carboxylic acids is 2. The number of oxime groups is 2. The second kappa shape index (κ2) is 16.9. The zero-order valence-corrected chi connectivity index (χ0v) is 21.2. The first-order valence-electron chi connectivity index (χ1n) is 10.8. The maximum atomic E-state index is 11.2. The SMILES string of the molecule is C=C(C)C1CC=C(C)/C(=N/O)C1.C=C(C)C1CC=C(C)C(=O)C1.CC(C)=NO.CC(C)=O. The van der Waals surface area contributed by atoms with Crippen molar-refractivity contribution in [3.8, 4) is 0 Å². The fourth-order valence-electron chi connectivity index (χ4n) is 2.69. The van der Waals surface area contributed by atoms with Crippen molar-refractivity contribution in [2.45, 2.75) is 81.1 Å². The molecule has 0 heterocycles. The molecule has 0 fully saturated rings. The van der Waals surface area contributed by atoms with Gasteiger partial charge in [0.05, 0.1) is 11.4 Å². The van der Waals surface area contributed by atoms with E-state index in [1.807, 2.05) is 33.8 Å². The third-order valence-corrected chi connectivity index (χ3v) is 4.90. The zero-order valence-electron chi connectivity index (χ0n) is 21.2. The van der Waals surface area contributed by atoms with Crippen LogP contribution in [0, 0.1) is 11.8 Å². The molecular weight excluding hydrogens is 404 g/mol. The molecule has 0 spiro atoms. The average Bonchev–Trinajstić information content (AvgIpc) is 2.70. The van der Waals surface area contributed by atoms with Crippen LogP contribution in [0.3, 0.4) is 0 Å². The minimum Gasteiger partial charge on any atom is -0.411 e. The van der Waals surface area contributed by atoms with Gasteiger partial charge in [0.2, 0.25) is 0 Å². The molecule has 0 amide bonds. The summed E-state index contributed by atoms with van der Waals surface area (Å²) in [4.78, 5) is 20.6. The van der Waals surface area contributed by atoms with Gasteiger partial charge in [0.25, 0.3) is 0 Å². The summed E-state index contributed by atoms with van der Waals surface area (Å²) in [5.41, 5.74) is 5.79. The molecule has 32 heavy (non-hydrogen) atoms. The third kappa shape index (κ3) is 15.1. The Labute approximate surface area is 194 Å². The summed E-state index contributed by atoms with van der Waals surface area (Å²) in [6, 6.07) is 0. The van der Waals surface area contributed by atoms with Crippen molar-refractivity contribution >= 4 is 23.0 Å². The molecule has 6 heteroatoms. The lowest BCUT2D eigenvalue weighted by Crippen LogP contribution is -2.15. The summed E-state index contributed by atoms with van der Waals surface area (Å²) in [6.07, 6.45) is 7.64. The fourth-order valence-corrected chi connectivity index (χ4v) is 2.69. The molecule has 2 unspecified atom stereocenters. The highest BCUT2D eigenvalue weighted by atomic mass is 16.4. The molecule has 0 aliphatic heterocycles. The molecule has 180 valence electrons. The van der Waals surface area contributed by atoms with Gasteiger partial charge in [0.1, 0.15) is 5.78 Å². The first-order valence-corrected chi connectivity index (χ1v) is 10.8. The Balaban J connectivity index is 0. The Morgan fingerprint density at radius 2 is 1.25 bits per heavy atom. The van der Waals surface area contributed by atoms with Crippen LogP contribution >= 0.6 is 0 Å². The van der Waals surface area contributed by atoms with E-state index in [2.05, 4.69) is 29.5 Å². The van der Waals surface area contributed by atoms with Crippen molar-refractivity contribution in [1.82, 2.24) is 0 Å². The lowest BCUT2D eigenvalue weighted by Gasteiger charge is -2.21. The third-order valence-electron chi connectivity index (χ3n) is 4.90. The summed E-state index contributed by atoms with van der Waals surface area (Å²) in [5, 5.41) is 22.5. The molecule has 6 nitrogen and oxygen atoms in total. The highest BCUT2D eigenvalue weighted by Crippen LogP contribution is 2.26. The minimum atomic E-state index is 0.167. The van der Waals surface area contributed by atoms with E-state index >= 15 is 0 Å². The van der Waals surface area contributed by atoms with Crippen LogP contribution in [0.4, 0.5) is 0 Å². The van der Waals surface area contributed by atoms with E-state index in [1.54, 1.807) is 13.8 Å². The molecule has 2 atom stereocenters. The predicted molar refractivity (Wildman–Crippen MR) is 134 cm³/mol. The standard InChI is InChI=1S/C10H15NO.C10H14O.C3H7NO.C3H6O/c1-7(2)9-5-4-8(3)10(6-9)11-12;1-7(2)9-5-4-8(3)10(11)6-9;1-3(2)4-5;1-3(2)4/h4,9,12H,1,5-6H2,2-3H3;4,9H,1,5-6H2,2-3H3;5H,1-2H3;1-2H3/b11-10+;;;. The number of carbonyl (C=O) groups is 2. The highest BCUT2D eigenvalue weighted by Gasteiger charge is 2.19. The first-order chi connectivity index (χ1) is 14.8. The van der Waals surface area contributed by atoms with Crippen molar-refractivity contribution in [3.05, 3.63) is 47.6 Å². The van der Waals surface area contributed by atoms with Crippen LogP contribution in [-0.2, 0) is 9.59 Å². The van der Waals surface area contributed by atoms with Gasteiger partial charge in [-0.25, -0.2) is 0 Å². The van der Waals surface area contributed by atoms with Crippen molar-refractivity contribution in [2.24, 2.45) is 22.1 Å². The van der Waals surface area contributed by atoms with Crippen LogP contribution in [0.25, 0.3) is 0 Å². The number of hydrogen-bond acceptors (Lipinski definition) is 6. The Kier molecular flexibility index (Phi) is 16.6. The van der Waals surface area contributed by atoms with Gasteiger partial charge >= 0.3 is 0 Å². The van der Waals surface area contributed by atoms with Gasteiger partial charge in [-0.1, -0.05) is 46.8 Å². The Bertz CT molecular complexity index is 778. The van der Waals surface area contributed by atoms with Crippen LogP contribution in [0.5, 0.6) is 0 Å². The number of nitrogens with zero attached hydrogens (tertiary/aromatic N) is 2. The Hall–Kier alpha value is -2.76. The van der Waals surface area contributed by atoms with E-state index in [0.717, 1.165) is 41.7 Å². The Morgan fingerprint density at radius 3 is 1.56 bits per heavy atom. The molecule has 0 bridgehead atoms. The van der Waals surface area contributed by atoms with Gasteiger partial charge in [-0.3, -0.25) is 4.79 Å². The molecule has 0 saturated carbocycles. The first kappa shape index (κ1) is 31.4. The van der Waals surface area contributed by atoms with E-state index in [9.17, 15) is 9.59 Å². The molecular formula is C26H42N2O4. The van der Waals surface area contributed by atoms with Gasteiger partial charge in [0, 0.05) is 12.8 Å². The summed E-state index contributed by atoms with van der Waals surface area (Å²) in [6.45, 7) is 22.1. The maximum Gasteiger partial charge on any atom is 0.158 e. The number of Topliss-reactive ketones (excluding diaryl/α,β-unsaturated/α-hetero) is 2. The van der Waals surface area contributed by atoms with Crippen molar-refractivity contribution in [3.63, 3.8) is 0 Å².